The van der Waals surface area contributed by atoms with Crippen LogP contribution in [0.3, 0.4) is 0 Å². The molecule has 0 spiro atoms. The molecule has 0 saturated carbocycles. The largest absolute Gasteiger partial charge is 0.465 e. The monoisotopic (exact) mass is 376 g/mol. The topological polar surface area (TPSA) is 93.2 Å². The maximum atomic E-state index is 12.4. The first kappa shape index (κ1) is 19.0. The number of amides is 1. The third-order valence-corrected chi connectivity index (χ3v) is 4.01. The number of hydrogen-bond donors (Lipinski definition) is 2. The van der Waals surface area contributed by atoms with E-state index in [2.05, 4.69) is 20.6 Å². The van der Waals surface area contributed by atoms with Gasteiger partial charge in [0.2, 0.25) is 5.95 Å². The molecule has 0 fully saturated rings. The second kappa shape index (κ2) is 9.27. The molecule has 7 heteroatoms. The Hall–Kier alpha value is -3.74. The normalized spacial score (nSPS) is 10.2. The number of anilines is 2. The van der Waals surface area contributed by atoms with E-state index in [0.29, 0.717) is 17.8 Å². The molecule has 0 aliphatic rings. The van der Waals surface area contributed by atoms with Crippen molar-refractivity contribution in [3.8, 4) is 0 Å². The van der Waals surface area contributed by atoms with Gasteiger partial charge in [0.1, 0.15) is 5.69 Å². The molecule has 0 atom stereocenters. The first-order chi connectivity index (χ1) is 13.7. The van der Waals surface area contributed by atoms with Crippen molar-refractivity contribution in [3.63, 3.8) is 0 Å². The fraction of sp³-hybridized carbons (Fsp3) is 0.143. The SMILES string of the molecule is COC(=O)c1ccccc1Nc1nccc(C(=O)NCCc2ccccc2)n1. The smallest absolute Gasteiger partial charge is 0.339 e. The maximum absolute atomic E-state index is 12.4. The summed E-state index contributed by atoms with van der Waals surface area (Å²) in [5.41, 5.74) is 2.23. The fourth-order valence-electron chi connectivity index (χ4n) is 2.60. The van der Waals surface area contributed by atoms with Gasteiger partial charge >= 0.3 is 5.97 Å². The highest BCUT2D eigenvalue weighted by molar-refractivity contribution is 5.96. The summed E-state index contributed by atoms with van der Waals surface area (Å²) >= 11 is 0. The first-order valence-electron chi connectivity index (χ1n) is 8.77. The number of ether oxygens (including phenoxy) is 1. The van der Waals surface area contributed by atoms with Crippen LogP contribution in [-0.2, 0) is 11.2 Å². The Morgan fingerprint density at radius 1 is 1.00 bits per heavy atom. The summed E-state index contributed by atoms with van der Waals surface area (Å²) in [6.45, 7) is 0.501. The second-order valence-corrected chi connectivity index (χ2v) is 5.92. The molecule has 0 aliphatic heterocycles. The van der Waals surface area contributed by atoms with Gasteiger partial charge in [-0.2, -0.15) is 0 Å². The van der Waals surface area contributed by atoms with Crippen molar-refractivity contribution >= 4 is 23.5 Å². The second-order valence-electron chi connectivity index (χ2n) is 5.92. The minimum absolute atomic E-state index is 0.215. The van der Waals surface area contributed by atoms with E-state index in [-0.39, 0.29) is 17.5 Å². The van der Waals surface area contributed by atoms with Gasteiger partial charge in [0, 0.05) is 12.7 Å². The minimum Gasteiger partial charge on any atom is -0.465 e. The zero-order chi connectivity index (χ0) is 19.8. The van der Waals surface area contributed by atoms with E-state index in [4.69, 9.17) is 4.74 Å². The van der Waals surface area contributed by atoms with Crippen molar-refractivity contribution in [3.05, 3.63) is 83.7 Å². The summed E-state index contributed by atoms with van der Waals surface area (Å²) in [4.78, 5) is 32.6. The Morgan fingerprint density at radius 2 is 1.75 bits per heavy atom. The number of nitrogens with one attached hydrogen (secondary N) is 2. The van der Waals surface area contributed by atoms with Crippen LogP contribution in [0.2, 0.25) is 0 Å². The highest BCUT2D eigenvalue weighted by Gasteiger charge is 2.13. The molecule has 2 N–H and O–H groups in total. The molecule has 1 heterocycles. The third-order valence-electron chi connectivity index (χ3n) is 4.01. The minimum atomic E-state index is -0.474. The molecule has 0 unspecified atom stereocenters. The van der Waals surface area contributed by atoms with Crippen LogP contribution in [-0.4, -0.2) is 35.5 Å². The van der Waals surface area contributed by atoms with Crippen molar-refractivity contribution in [1.82, 2.24) is 15.3 Å². The molecule has 28 heavy (non-hydrogen) atoms. The summed E-state index contributed by atoms with van der Waals surface area (Å²) in [5, 5.41) is 5.81. The predicted octanol–water partition coefficient (Wildman–Crippen LogP) is 2.98. The van der Waals surface area contributed by atoms with Crippen molar-refractivity contribution in [2.24, 2.45) is 0 Å². The molecule has 7 nitrogen and oxygen atoms in total. The summed E-state index contributed by atoms with van der Waals surface area (Å²) < 4.78 is 4.77. The van der Waals surface area contributed by atoms with Gasteiger partial charge in [0.15, 0.2) is 0 Å². The van der Waals surface area contributed by atoms with Crippen molar-refractivity contribution < 1.29 is 14.3 Å². The van der Waals surface area contributed by atoms with Gasteiger partial charge in [-0.3, -0.25) is 4.79 Å². The summed E-state index contributed by atoms with van der Waals surface area (Å²) in [6.07, 6.45) is 2.22. The van der Waals surface area contributed by atoms with Gasteiger partial charge in [-0.15, -0.1) is 0 Å². The predicted molar refractivity (Wildman–Crippen MR) is 106 cm³/mol. The fourth-order valence-corrected chi connectivity index (χ4v) is 2.60. The molecule has 0 aliphatic carbocycles. The van der Waals surface area contributed by atoms with Crippen LogP contribution >= 0.6 is 0 Å². The summed E-state index contributed by atoms with van der Waals surface area (Å²) in [7, 11) is 1.32. The summed E-state index contributed by atoms with van der Waals surface area (Å²) in [5.74, 6) is -0.549. The van der Waals surface area contributed by atoms with E-state index in [0.717, 1.165) is 12.0 Å². The Kier molecular flexibility index (Phi) is 6.30. The highest BCUT2D eigenvalue weighted by atomic mass is 16.5. The number of carbonyl (C=O) groups excluding carboxylic acids is 2. The lowest BCUT2D eigenvalue weighted by atomic mass is 10.1. The van der Waals surface area contributed by atoms with E-state index in [9.17, 15) is 9.59 Å². The lowest BCUT2D eigenvalue weighted by Crippen LogP contribution is -2.26. The molecule has 3 rings (SSSR count). The Balaban J connectivity index is 1.65. The number of methoxy groups -OCH3 is 1. The lowest BCUT2D eigenvalue weighted by Gasteiger charge is -2.10. The molecule has 142 valence electrons. The number of rotatable bonds is 7. The van der Waals surface area contributed by atoms with Gasteiger partial charge in [0.05, 0.1) is 18.4 Å². The van der Waals surface area contributed by atoms with Crippen LogP contribution in [0.15, 0.2) is 66.9 Å². The molecule has 1 amide bonds. The standard InChI is InChI=1S/C21H20N4O3/c1-28-20(27)16-9-5-6-10-17(16)24-21-23-14-12-18(25-21)19(26)22-13-11-15-7-3-2-4-8-15/h2-10,12,14H,11,13H2,1H3,(H,22,26)(H,23,24,25). The zero-order valence-electron chi connectivity index (χ0n) is 15.4. The van der Waals surface area contributed by atoms with E-state index in [1.54, 1.807) is 24.3 Å². The molecule has 1 aromatic heterocycles. The van der Waals surface area contributed by atoms with E-state index in [1.165, 1.54) is 19.4 Å². The van der Waals surface area contributed by atoms with Crippen molar-refractivity contribution in [1.29, 1.82) is 0 Å². The number of benzene rings is 2. The molecule has 0 radical (unpaired) electrons. The summed E-state index contributed by atoms with van der Waals surface area (Å²) in [6, 6.07) is 18.3. The van der Waals surface area contributed by atoms with E-state index < -0.39 is 5.97 Å². The number of esters is 1. The average Bonchev–Trinajstić information content (AvgIpc) is 2.74. The Morgan fingerprint density at radius 3 is 2.54 bits per heavy atom. The molecule has 0 bridgehead atoms. The number of para-hydroxylation sites is 1. The van der Waals surface area contributed by atoms with Crippen LogP contribution in [0, 0.1) is 0 Å². The molecular weight excluding hydrogens is 356 g/mol. The van der Waals surface area contributed by atoms with Crippen LogP contribution in [0.4, 0.5) is 11.6 Å². The van der Waals surface area contributed by atoms with Crippen LogP contribution in [0.1, 0.15) is 26.4 Å². The molecule has 3 aromatic rings. The number of carbonyl (C=O) groups is 2. The lowest BCUT2D eigenvalue weighted by molar-refractivity contribution is 0.0601. The Labute approximate surface area is 162 Å². The third kappa shape index (κ3) is 4.91. The first-order valence-corrected chi connectivity index (χ1v) is 8.77. The van der Waals surface area contributed by atoms with Crippen molar-refractivity contribution in [2.45, 2.75) is 6.42 Å². The molecular formula is C21H20N4O3. The van der Waals surface area contributed by atoms with Gasteiger partial charge in [-0.1, -0.05) is 42.5 Å². The highest BCUT2D eigenvalue weighted by Crippen LogP contribution is 2.19. The van der Waals surface area contributed by atoms with Crippen LogP contribution in [0.5, 0.6) is 0 Å². The van der Waals surface area contributed by atoms with Gasteiger partial charge in [0.25, 0.3) is 5.91 Å². The van der Waals surface area contributed by atoms with Gasteiger partial charge in [-0.25, -0.2) is 14.8 Å². The number of aromatic nitrogens is 2. The van der Waals surface area contributed by atoms with E-state index in [1.807, 2.05) is 30.3 Å². The Bertz CT molecular complexity index is 961. The maximum Gasteiger partial charge on any atom is 0.339 e. The number of hydrogen-bond acceptors (Lipinski definition) is 6. The number of nitrogens with zero attached hydrogens (tertiary/aromatic N) is 2. The average molecular weight is 376 g/mol. The van der Waals surface area contributed by atoms with Crippen molar-refractivity contribution in [2.75, 3.05) is 19.0 Å². The van der Waals surface area contributed by atoms with E-state index >= 15 is 0 Å². The van der Waals surface area contributed by atoms with Crippen LogP contribution in [0.25, 0.3) is 0 Å². The zero-order valence-corrected chi connectivity index (χ0v) is 15.4. The van der Waals surface area contributed by atoms with Gasteiger partial charge in [-0.05, 0) is 30.2 Å². The molecule has 0 saturated heterocycles. The van der Waals surface area contributed by atoms with Crippen LogP contribution < -0.4 is 10.6 Å². The van der Waals surface area contributed by atoms with Gasteiger partial charge < -0.3 is 15.4 Å². The quantitative estimate of drug-likeness (QED) is 0.616. The molecule has 2 aromatic carbocycles.